The summed E-state index contributed by atoms with van der Waals surface area (Å²) < 4.78 is 34.5. The molecule has 0 spiro atoms. The fourth-order valence-electron chi connectivity index (χ4n) is 6.78. The first-order chi connectivity index (χ1) is 23.6. The third-order valence-electron chi connectivity index (χ3n) is 8.76. The van der Waals surface area contributed by atoms with Crippen molar-refractivity contribution in [3.8, 4) is 0 Å². The highest BCUT2D eigenvalue weighted by Crippen LogP contribution is 2.54. The van der Waals surface area contributed by atoms with Gasteiger partial charge in [-0.15, -0.1) is 0 Å². The molecule has 14 nitrogen and oxygen atoms in total. The molecule has 1 aromatic rings. The highest BCUT2D eigenvalue weighted by atomic mass is 16.6. The van der Waals surface area contributed by atoms with E-state index in [1.54, 1.807) is 18.2 Å². The summed E-state index contributed by atoms with van der Waals surface area (Å²) in [4.78, 5) is 106. The molecule has 2 aliphatic carbocycles. The summed E-state index contributed by atoms with van der Waals surface area (Å²) in [5.74, 6) is -10.2. The Bertz CT molecular complexity index is 1640. The predicted octanol–water partition coefficient (Wildman–Crippen LogP) is 3.58. The number of fused-ring (bicyclic) bond motifs is 1. The number of ketones is 2. The Labute approximate surface area is 295 Å². The molecule has 2 aliphatic rings. The standard InChI is InChI=1S/C37H44O14/c1-19-16-17-35(8,9)32(44)30(49-34(45)26-14-12-11-13-15-26)29(47-22(4)39)20(2)28(46-21(3)38)27-33(48-23(5)40)36(10,50-24(6)41)18-37(27,31(19)43)51-25(7)42/h11-17,19,27-30,33H,2,18H2,1,3-10H3/b17-16+/t19-,27-,28-,29-,30-,33+,36+,37+/m0/s1. The number of carbonyl (C=O) groups excluding carboxylic acids is 8. The van der Waals surface area contributed by atoms with E-state index < -0.39 is 112 Å². The number of allylic oxidation sites excluding steroid dienone is 2. The number of rotatable bonds is 7. The molecule has 14 heteroatoms. The Kier molecular flexibility index (Phi) is 12.2. The smallest absolute Gasteiger partial charge is 0.338 e. The van der Waals surface area contributed by atoms with Crippen LogP contribution in [0.1, 0.15) is 79.1 Å². The Balaban J connectivity index is 2.51. The molecule has 0 heterocycles. The Hall–Kier alpha value is -5.14. The van der Waals surface area contributed by atoms with Crippen molar-refractivity contribution in [2.75, 3.05) is 0 Å². The van der Waals surface area contributed by atoms with Crippen molar-refractivity contribution in [2.24, 2.45) is 17.3 Å². The highest BCUT2D eigenvalue weighted by Gasteiger charge is 2.72. The molecule has 0 N–H and O–H groups in total. The number of esters is 6. The average molecular weight is 713 g/mol. The number of carbonyl (C=O) groups is 8. The molecule has 8 atom stereocenters. The Morgan fingerprint density at radius 3 is 1.73 bits per heavy atom. The van der Waals surface area contributed by atoms with Gasteiger partial charge in [0.25, 0.3) is 0 Å². The average Bonchev–Trinajstić information content (AvgIpc) is 3.24. The van der Waals surface area contributed by atoms with Gasteiger partial charge in [0.05, 0.1) is 11.5 Å². The van der Waals surface area contributed by atoms with E-state index in [0.29, 0.717) is 0 Å². The summed E-state index contributed by atoms with van der Waals surface area (Å²) in [7, 11) is 0. The molecule has 1 saturated carbocycles. The second-order valence-electron chi connectivity index (χ2n) is 13.5. The molecular formula is C37H44O14. The van der Waals surface area contributed by atoms with Gasteiger partial charge in [-0.25, -0.2) is 4.79 Å². The van der Waals surface area contributed by atoms with E-state index in [1.807, 2.05) is 0 Å². The minimum absolute atomic E-state index is 0.0458. The lowest BCUT2D eigenvalue weighted by Crippen LogP contribution is -2.58. The number of hydrogen-bond acceptors (Lipinski definition) is 14. The van der Waals surface area contributed by atoms with E-state index in [4.69, 9.17) is 28.4 Å². The van der Waals surface area contributed by atoms with Crippen molar-refractivity contribution in [3.63, 3.8) is 0 Å². The topological polar surface area (TPSA) is 192 Å². The van der Waals surface area contributed by atoms with E-state index in [0.717, 1.165) is 34.6 Å². The summed E-state index contributed by atoms with van der Waals surface area (Å²) >= 11 is 0. The SMILES string of the molecule is C=C1[C@H](OC(C)=O)[C@H]2[C@@H](OC(C)=O)[C@](C)(OC(C)=O)C[C@]2(OC(C)=O)C(=O)[C@@H](C)/C=C/C(C)(C)C(=O)[C@@H](OC(=O)c2ccccc2)[C@H]1OC(C)=O. The van der Waals surface area contributed by atoms with Crippen molar-refractivity contribution in [3.05, 3.63) is 60.2 Å². The van der Waals surface area contributed by atoms with Gasteiger partial charge >= 0.3 is 35.8 Å². The van der Waals surface area contributed by atoms with Gasteiger partial charge in [-0.3, -0.25) is 33.6 Å². The van der Waals surface area contributed by atoms with Crippen molar-refractivity contribution < 1.29 is 66.8 Å². The van der Waals surface area contributed by atoms with Crippen molar-refractivity contribution >= 4 is 47.4 Å². The van der Waals surface area contributed by atoms with E-state index in [2.05, 4.69) is 6.58 Å². The lowest BCUT2D eigenvalue weighted by Gasteiger charge is -2.42. The third kappa shape index (κ3) is 8.78. The molecule has 1 fully saturated rings. The molecular weight excluding hydrogens is 668 g/mol. The van der Waals surface area contributed by atoms with Gasteiger partial charge in [0.1, 0.15) is 6.10 Å². The summed E-state index contributed by atoms with van der Waals surface area (Å²) in [6.07, 6.45) is -5.23. The van der Waals surface area contributed by atoms with Crippen LogP contribution in [-0.2, 0) is 62.0 Å². The first-order valence-corrected chi connectivity index (χ1v) is 16.2. The fraction of sp³-hybridized carbons (Fsp3) is 0.514. The number of ether oxygens (including phenoxy) is 6. The van der Waals surface area contributed by atoms with Gasteiger partial charge in [-0.2, -0.15) is 0 Å². The van der Waals surface area contributed by atoms with E-state index in [9.17, 15) is 38.4 Å². The fourth-order valence-corrected chi connectivity index (χ4v) is 6.78. The largest absolute Gasteiger partial charge is 0.458 e. The lowest BCUT2D eigenvalue weighted by atomic mass is 9.72. The van der Waals surface area contributed by atoms with E-state index in [-0.39, 0.29) is 5.56 Å². The Morgan fingerprint density at radius 1 is 0.686 bits per heavy atom. The number of Topliss-reactive ketones (excluding diaryl/α,β-unsaturated/α-hetero) is 2. The first-order valence-electron chi connectivity index (χ1n) is 16.2. The van der Waals surface area contributed by atoms with Crippen molar-refractivity contribution in [2.45, 2.75) is 104 Å². The molecule has 0 aliphatic heterocycles. The van der Waals surface area contributed by atoms with Crippen LogP contribution < -0.4 is 0 Å². The molecule has 0 saturated heterocycles. The van der Waals surface area contributed by atoms with Crippen LogP contribution in [0.15, 0.2) is 54.6 Å². The molecule has 0 amide bonds. The molecule has 51 heavy (non-hydrogen) atoms. The van der Waals surface area contributed by atoms with Crippen LogP contribution in [0.2, 0.25) is 0 Å². The maximum atomic E-state index is 14.7. The zero-order chi connectivity index (χ0) is 38.6. The van der Waals surface area contributed by atoms with E-state index >= 15 is 0 Å². The zero-order valence-electron chi connectivity index (χ0n) is 30.1. The maximum Gasteiger partial charge on any atom is 0.338 e. The number of benzene rings is 1. The van der Waals surface area contributed by atoms with Gasteiger partial charge in [-0.1, -0.05) is 43.9 Å². The van der Waals surface area contributed by atoms with Crippen LogP contribution in [-0.4, -0.2) is 83.0 Å². The summed E-state index contributed by atoms with van der Waals surface area (Å²) in [6, 6.07) is 7.65. The summed E-state index contributed by atoms with van der Waals surface area (Å²) in [5.41, 5.74) is -6.15. The minimum Gasteiger partial charge on any atom is -0.458 e. The monoisotopic (exact) mass is 712 g/mol. The minimum atomic E-state index is -2.37. The van der Waals surface area contributed by atoms with Crippen LogP contribution in [0.3, 0.4) is 0 Å². The highest BCUT2D eigenvalue weighted by molar-refractivity contribution is 5.97. The van der Waals surface area contributed by atoms with Gasteiger partial charge < -0.3 is 28.4 Å². The third-order valence-corrected chi connectivity index (χ3v) is 8.76. The molecule has 0 aromatic heterocycles. The Morgan fingerprint density at radius 2 is 1.22 bits per heavy atom. The molecule has 276 valence electrons. The van der Waals surface area contributed by atoms with Gasteiger partial charge in [0.2, 0.25) is 6.10 Å². The van der Waals surface area contributed by atoms with Gasteiger partial charge in [-0.05, 0) is 32.9 Å². The van der Waals surface area contributed by atoms with Crippen LogP contribution >= 0.6 is 0 Å². The second kappa shape index (κ2) is 15.4. The van der Waals surface area contributed by atoms with Crippen LogP contribution in [0.5, 0.6) is 0 Å². The van der Waals surface area contributed by atoms with Crippen molar-refractivity contribution in [1.29, 1.82) is 0 Å². The first kappa shape index (κ1) is 40.3. The quantitative estimate of drug-likeness (QED) is 0.226. The van der Waals surface area contributed by atoms with Gasteiger partial charge in [0, 0.05) is 57.9 Å². The predicted molar refractivity (Wildman–Crippen MR) is 176 cm³/mol. The molecule has 1 aromatic carbocycles. The normalized spacial score (nSPS) is 31.0. The maximum absolute atomic E-state index is 14.7. The molecule has 0 bridgehead atoms. The van der Waals surface area contributed by atoms with Crippen LogP contribution in [0, 0.1) is 17.3 Å². The van der Waals surface area contributed by atoms with Crippen LogP contribution in [0.4, 0.5) is 0 Å². The van der Waals surface area contributed by atoms with Crippen molar-refractivity contribution in [1.82, 2.24) is 0 Å². The van der Waals surface area contributed by atoms with Gasteiger partial charge in [0.15, 0.2) is 35.0 Å². The van der Waals surface area contributed by atoms with Crippen LogP contribution in [0.25, 0.3) is 0 Å². The molecule has 0 radical (unpaired) electrons. The van der Waals surface area contributed by atoms with E-state index in [1.165, 1.54) is 52.0 Å². The summed E-state index contributed by atoms with van der Waals surface area (Å²) in [5, 5.41) is 0. The summed E-state index contributed by atoms with van der Waals surface area (Å²) in [6.45, 7) is 15.0. The molecule has 0 unspecified atom stereocenters. The second-order valence-corrected chi connectivity index (χ2v) is 13.5. The zero-order valence-corrected chi connectivity index (χ0v) is 30.1. The lowest BCUT2D eigenvalue weighted by molar-refractivity contribution is -0.190. The number of hydrogen-bond donors (Lipinski definition) is 0. The molecule has 3 rings (SSSR count).